The summed E-state index contributed by atoms with van der Waals surface area (Å²) in [7, 11) is 2.11. The van der Waals surface area contributed by atoms with Crippen LogP contribution in [0.2, 0.25) is 0 Å². The third-order valence-electron chi connectivity index (χ3n) is 4.75. The van der Waals surface area contributed by atoms with Gasteiger partial charge in [-0.15, -0.1) is 0 Å². The van der Waals surface area contributed by atoms with Crippen molar-refractivity contribution >= 4 is 15.9 Å². The molecule has 1 aliphatic carbocycles. The summed E-state index contributed by atoms with van der Waals surface area (Å²) in [4.78, 5) is 0. The van der Waals surface area contributed by atoms with Gasteiger partial charge in [-0.1, -0.05) is 48.2 Å². The lowest BCUT2D eigenvalue weighted by Crippen LogP contribution is -2.30. The molecule has 106 valence electrons. The second kappa shape index (κ2) is 6.90. The lowest BCUT2D eigenvalue weighted by Gasteiger charge is -2.35. The number of hydrogen-bond donors (Lipinski definition) is 1. The van der Waals surface area contributed by atoms with Crippen molar-refractivity contribution in [2.75, 3.05) is 7.05 Å². The molecule has 0 spiro atoms. The highest BCUT2D eigenvalue weighted by Gasteiger charge is 2.28. The van der Waals surface area contributed by atoms with E-state index in [1.54, 1.807) is 0 Å². The van der Waals surface area contributed by atoms with E-state index in [2.05, 4.69) is 60.3 Å². The summed E-state index contributed by atoms with van der Waals surface area (Å²) in [5.74, 6) is 1.73. The molecule has 1 aromatic rings. The zero-order valence-electron chi connectivity index (χ0n) is 12.4. The Morgan fingerprint density at radius 1 is 1.37 bits per heavy atom. The van der Waals surface area contributed by atoms with Crippen molar-refractivity contribution in [3.05, 3.63) is 33.8 Å². The van der Waals surface area contributed by atoms with E-state index in [4.69, 9.17) is 0 Å². The van der Waals surface area contributed by atoms with Gasteiger partial charge in [-0.2, -0.15) is 0 Å². The highest BCUT2D eigenvalue weighted by Crippen LogP contribution is 2.39. The van der Waals surface area contributed by atoms with Crippen molar-refractivity contribution in [1.82, 2.24) is 5.32 Å². The van der Waals surface area contributed by atoms with Gasteiger partial charge >= 0.3 is 0 Å². The maximum absolute atomic E-state index is 3.58. The van der Waals surface area contributed by atoms with Gasteiger partial charge in [0.25, 0.3) is 0 Å². The Kier molecular flexibility index (Phi) is 5.47. The van der Waals surface area contributed by atoms with Crippen molar-refractivity contribution < 1.29 is 0 Å². The topological polar surface area (TPSA) is 12.0 Å². The summed E-state index contributed by atoms with van der Waals surface area (Å²) in [5, 5.41) is 3.58. The number of nitrogens with one attached hydrogen (secondary N) is 1. The first-order chi connectivity index (χ1) is 9.15. The van der Waals surface area contributed by atoms with E-state index in [1.807, 2.05) is 0 Å². The van der Waals surface area contributed by atoms with E-state index < -0.39 is 0 Å². The summed E-state index contributed by atoms with van der Waals surface area (Å²) in [6.07, 6.45) is 6.93. The molecule has 1 saturated carbocycles. The van der Waals surface area contributed by atoms with Crippen molar-refractivity contribution in [3.63, 3.8) is 0 Å². The Hall–Kier alpha value is -0.340. The number of halogens is 1. The largest absolute Gasteiger partial charge is 0.313 e. The third-order valence-corrected chi connectivity index (χ3v) is 5.24. The fourth-order valence-electron chi connectivity index (χ4n) is 3.64. The molecule has 2 rings (SSSR count). The minimum Gasteiger partial charge on any atom is -0.313 e. The van der Waals surface area contributed by atoms with Crippen molar-refractivity contribution in [2.45, 2.75) is 52.0 Å². The summed E-state index contributed by atoms with van der Waals surface area (Å²) < 4.78 is 1.18. The summed E-state index contributed by atoms with van der Waals surface area (Å²) in [5.41, 5.74) is 2.87. The lowest BCUT2D eigenvalue weighted by atomic mass is 9.74. The van der Waals surface area contributed by atoms with Crippen LogP contribution in [0.3, 0.4) is 0 Å². The number of rotatable bonds is 4. The molecule has 0 radical (unpaired) electrons. The Labute approximate surface area is 126 Å². The number of hydrogen-bond acceptors (Lipinski definition) is 1. The summed E-state index contributed by atoms with van der Waals surface area (Å²) >= 11 is 3.56. The second-order valence-corrected chi connectivity index (χ2v) is 6.88. The molecule has 19 heavy (non-hydrogen) atoms. The normalized spacial score (nSPS) is 25.3. The highest BCUT2D eigenvalue weighted by molar-refractivity contribution is 9.10. The van der Waals surface area contributed by atoms with E-state index in [9.17, 15) is 0 Å². The fourth-order valence-corrected chi connectivity index (χ4v) is 4.11. The highest BCUT2D eigenvalue weighted by atomic mass is 79.9. The zero-order valence-corrected chi connectivity index (χ0v) is 14.0. The van der Waals surface area contributed by atoms with Gasteiger partial charge in [0.2, 0.25) is 0 Å². The number of benzene rings is 1. The van der Waals surface area contributed by atoms with Gasteiger partial charge in [-0.3, -0.25) is 0 Å². The molecule has 3 atom stereocenters. The van der Waals surface area contributed by atoms with Gasteiger partial charge in [-0.05, 0) is 61.9 Å². The Bertz CT molecular complexity index is 416. The quantitative estimate of drug-likeness (QED) is 0.799. The smallest absolute Gasteiger partial charge is 0.0348 e. The second-order valence-electron chi connectivity index (χ2n) is 5.97. The van der Waals surface area contributed by atoms with Gasteiger partial charge in [0.05, 0.1) is 0 Å². The molecule has 2 heteroatoms. The molecule has 1 N–H and O–H groups in total. The molecule has 0 aliphatic heterocycles. The molecule has 1 nitrogen and oxygen atoms in total. The molecule has 0 aromatic heterocycles. The van der Waals surface area contributed by atoms with E-state index in [0.29, 0.717) is 6.04 Å². The first kappa shape index (κ1) is 15.1. The van der Waals surface area contributed by atoms with Crippen LogP contribution >= 0.6 is 15.9 Å². The summed E-state index contributed by atoms with van der Waals surface area (Å²) in [6.45, 7) is 4.57. The van der Waals surface area contributed by atoms with Crippen LogP contribution in [-0.2, 0) is 0 Å². The van der Waals surface area contributed by atoms with Crippen LogP contribution in [0.1, 0.15) is 56.2 Å². The maximum Gasteiger partial charge on any atom is 0.0348 e. The van der Waals surface area contributed by atoms with Gasteiger partial charge < -0.3 is 5.32 Å². The first-order valence-electron chi connectivity index (χ1n) is 7.59. The van der Waals surface area contributed by atoms with Gasteiger partial charge in [-0.25, -0.2) is 0 Å². The van der Waals surface area contributed by atoms with Gasteiger partial charge in [0, 0.05) is 10.5 Å². The van der Waals surface area contributed by atoms with E-state index >= 15 is 0 Å². The predicted octanol–water partition coefficient (Wildman–Crippen LogP) is 5.23. The molecule has 3 unspecified atom stereocenters. The fraction of sp³-hybridized carbons (Fsp3) is 0.647. The Balaban J connectivity index is 2.19. The van der Waals surface area contributed by atoms with Crippen molar-refractivity contribution in [1.29, 1.82) is 0 Å². The Morgan fingerprint density at radius 3 is 2.79 bits per heavy atom. The average molecular weight is 324 g/mol. The van der Waals surface area contributed by atoms with Gasteiger partial charge in [0.1, 0.15) is 0 Å². The molecule has 1 aliphatic rings. The van der Waals surface area contributed by atoms with Crippen LogP contribution in [-0.4, -0.2) is 7.05 Å². The van der Waals surface area contributed by atoms with Gasteiger partial charge in [0.15, 0.2) is 0 Å². The van der Waals surface area contributed by atoms with Crippen LogP contribution < -0.4 is 5.32 Å². The molecule has 1 fully saturated rings. The minimum absolute atomic E-state index is 0.516. The predicted molar refractivity (Wildman–Crippen MR) is 86.4 cm³/mol. The van der Waals surface area contributed by atoms with Crippen LogP contribution in [0.15, 0.2) is 22.7 Å². The molecule has 0 saturated heterocycles. The average Bonchev–Trinajstić information content (AvgIpc) is 2.42. The summed E-state index contributed by atoms with van der Waals surface area (Å²) in [6, 6.07) is 7.21. The molecule has 0 amide bonds. The van der Waals surface area contributed by atoms with Crippen LogP contribution in [0.25, 0.3) is 0 Å². The molecular formula is C17H26BrN. The van der Waals surface area contributed by atoms with Crippen molar-refractivity contribution in [3.8, 4) is 0 Å². The Morgan fingerprint density at radius 2 is 2.16 bits per heavy atom. The maximum atomic E-state index is 3.58. The SMILES string of the molecule is CCC1CCCC(C(NC)c2ccc(Br)cc2C)C1. The standard InChI is InChI=1S/C17H26BrN/c1-4-13-6-5-7-14(11-13)17(19-3)16-9-8-15(18)10-12(16)2/h8-10,13-14,17,19H,4-7,11H2,1-3H3. The van der Waals surface area contributed by atoms with E-state index in [0.717, 1.165) is 11.8 Å². The van der Waals surface area contributed by atoms with E-state index in [1.165, 1.54) is 47.7 Å². The molecule has 1 aromatic carbocycles. The third kappa shape index (κ3) is 3.61. The number of aryl methyl sites for hydroxylation is 1. The van der Waals surface area contributed by atoms with Crippen LogP contribution in [0, 0.1) is 18.8 Å². The monoisotopic (exact) mass is 323 g/mol. The minimum atomic E-state index is 0.516. The van der Waals surface area contributed by atoms with E-state index in [-0.39, 0.29) is 0 Å². The van der Waals surface area contributed by atoms with Crippen LogP contribution in [0.5, 0.6) is 0 Å². The van der Waals surface area contributed by atoms with Crippen molar-refractivity contribution in [2.24, 2.45) is 11.8 Å². The van der Waals surface area contributed by atoms with Crippen LogP contribution in [0.4, 0.5) is 0 Å². The lowest BCUT2D eigenvalue weighted by molar-refractivity contribution is 0.214. The molecule has 0 heterocycles. The molecular weight excluding hydrogens is 298 g/mol. The molecule has 0 bridgehead atoms. The first-order valence-corrected chi connectivity index (χ1v) is 8.38. The zero-order chi connectivity index (χ0) is 13.8.